The van der Waals surface area contributed by atoms with Crippen LogP contribution in [0.1, 0.15) is 89.4 Å². The summed E-state index contributed by atoms with van der Waals surface area (Å²) in [6.07, 6.45) is 4.83. The molecular weight excluding hydrogens is 889 g/mol. The second-order valence-corrected chi connectivity index (χ2v) is 18.9. The summed E-state index contributed by atoms with van der Waals surface area (Å²) in [5, 5.41) is 68.2. The molecule has 0 unspecified atom stereocenters. The van der Waals surface area contributed by atoms with Crippen LogP contribution in [0.4, 0.5) is 5.69 Å². The Balaban J connectivity index is 1.48. The van der Waals surface area contributed by atoms with Crippen molar-refractivity contribution < 1.29 is 63.6 Å². The van der Waals surface area contributed by atoms with E-state index in [1.165, 1.54) is 59.4 Å². The number of nitrogens with one attached hydrogen (secondary N) is 1. The number of phenolic OH excluding ortho intramolecular Hbond substituents is 3. The van der Waals surface area contributed by atoms with Gasteiger partial charge in [-0.25, -0.2) is 0 Å². The lowest BCUT2D eigenvalue weighted by molar-refractivity contribution is -0.160. The first-order chi connectivity index (χ1) is 32.6. The van der Waals surface area contributed by atoms with Crippen molar-refractivity contribution in [3.05, 3.63) is 82.7 Å². The fourth-order valence-corrected chi connectivity index (χ4v) is 9.85. The number of rotatable bonds is 7. The number of fused-ring (bicyclic) bond motifs is 14. The normalized spacial score (nSPS) is 29.5. The molecule has 1 fully saturated rings. The lowest BCUT2D eigenvalue weighted by Gasteiger charge is -2.43. The number of allylic oxidation sites excluding steroid dienone is 2. The zero-order valence-corrected chi connectivity index (χ0v) is 41.5. The molecule has 5 bridgehead atoms. The molecule has 69 heavy (non-hydrogen) atoms. The number of carbonyl (C=O) groups is 3. The van der Waals surface area contributed by atoms with E-state index in [2.05, 4.69) is 10.2 Å². The minimum Gasteiger partial charge on any atom is -0.507 e. The molecule has 11 atom stereocenters. The molecule has 0 radical (unpaired) electrons. The molecule has 7 rings (SSSR count). The molecule has 0 aliphatic carbocycles. The summed E-state index contributed by atoms with van der Waals surface area (Å²) >= 11 is 0. The summed E-state index contributed by atoms with van der Waals surface area (Å²) in [6, 6.07) is 7.52. The summed E-state index contributed by atoms with van der Waals surface area (Å²) in [4.78, 5) is 43.4. The smallest absolute Gasteiger partial charge is 0.312 e. The first-order valence-corrected chi connectivity index (χ1v) is 23.3. The summed E-state index contributed by atoms with van der Waals surface area (Å²) < 4.78 is 29.4. The first-order valence-electron chi connectivity index (χ1n) is 23.3. The van der Waals surface area contributed by atoms with E-state index >= 15 is 0 Å². The fourth-order valence-electron chi connectivity index (χ4n) is 9.85. The van der Waals surface area contributed by atoms with E-state index < -0.39 is 88.8 Å². The largest absolute Gasteiger partial charge is 0.507 e. The highest BCUT2D eigenvalue weighted by Gasteiger charge is 2.50. The summed E-state index contributed by atoms with van der Waals surface area (Å²) in [7, 11) is 3.08. The topological polar surface area (TPSA) is 229 Å². The maximum Gasteiger partial charge on any atom is 0.312 e. The number of methoxy groups -OCH3 is 2. The van der Waals surface area contributed by atoms with Gasteiger partial charge in [-0.05, 0) is 39.8 Å². The van der Waals surface area contributed by atoms with Gasteiger partial charge >= 0.3 is 11.8 Å². The number of hydrogen-bond acceptors (Lipinski definition) is 16. The molecule has 0 spiro atoms. The average molecular weight is 957 g/mol. The molecule has 4 heterocycles. The summed E-state index contributed by atoms with van der Waals surface area (Å²) in [6.45, 7) is 18.4. The Bertz CT molecular complexity index is 2540. The molecule has 374 valence electrons. The highest BCUT2D eigenvalue weighted by atomic mass is 16.7. The molecule has 17 nitrogen and oxygen atoms in total. The van der Waals surface area contributed by atoms with Gasteiger partial charge in [0, 0.05) is 86.3 Å². The van der Waals surface area contributed by atoms with E-state index in [1.54, 1.807) is 47.0 Å². The Morgan fingerprint density at radius 3 is 2.22 bits per heavy atom. The van der Waals surface area contributed by atoms with Crippen LogP contribution in [0.5, 0.6) is 28.7 Å². The van der Waals surface area contributed by atoms with Crippen LogP contribution in [0, 0.1) is 30.6 Å². The number of aliphatic hydroxyl groups is 2. The van der Waals surface area contributed by atoms with Crippen molar-refractivity contribution in [2.45, 2.75) is 118 Å². The highest BCUT2D eigenvalue weighted by Crippen LogP contribution is 2.55. The molecule has 6 N–H and O–H groups in total. The number of amides is 1. The molecule has 4 aliphatic heterocycles. The van der Waals surface area contributed by atoms with E-state index in [4.69, 9.17) is 28.8 Å². The van der Waals surface area contributed by atoms with E-state index in [9.17, 15) is 39.9 Å². The van der Waals surface area contributed by atoms with E-state index in [1.807, 2.05) is 43.1 Å². The second kappa shape index (κ2) is 21.2. The molecule has 1 saturated heterocycles. The zero-order chi connectivity index (χ0) is 50.8. The van der Waals surface area contributed by atoms with E-state index in [0.717, 1.165) is 11.3 Å². The number of benzene rings is 3. The Kier molecular flexibility index (Phi) is 16.1. The summed E-state index contributed by atoms with van der Waals surface area (Å²) in [5.74, 6) is -7.76. The molecule has 3 aromatic carbocycles. The van der Waals surface area contributed by atoms with Gasteiger partial charge in [0.15, 0.2) is 5.75 Å². The number of ketones is 1. The molecule has 17 heteroatoms. The molecule has 0 saturated carbocycles. The average Bonchev–Trinajstić information content (AvgIpc) is 3.57. The number of piperazine rings is 1. The van der Waals surface area contributed by atoms with Crippen LogP contribution in [0.15, 0.2) is 65.5 Å². The van der Waals surface area contributed by atoms with Crippen LogP contribution in [-0.2, 0) is 30.3 Å². The SMILES string of the molecule is COc1ccccc1CN1C[C@H](C)N(N=Cc2c3c(O)c4c(O)c(C)c5c(c4c2O)C(=O)[C@@](C)(OC=C[C@H](OC)[C@H](C)[C@H](OC(C)=O)[C@H](C)[C@H](O)[C@H](C)[C@H](O)[C@H](C)C=CC=C(C)C(=O)N3)O5)[C@@H](C)C1. The van der Waals surface area contributed by atoms with Gasteiger partial charge in [0.05, 0.1) is 72.2 Å². The lowest BCUT2D eigenvalue weighted by atomic mass is 9.78. The predicted molar refractivity (Wildman–Crippen MR) is 260 cm³/mol. The minimum atomic E-state index is -2.08. The number of anilines is 1. The Labute approximate surface area is 403 Å². The molecule has 4 aliphatic rings. The van der Waals surface area contributed by atoms with Gasteiger partial charge in [0.2, 0.25) is 0 Å². The van der Waals surface area contributed by atoms with Gasteiger partial charge in [-0.15, -0.1) is 0 Å². The molecule has 3 aromatic rings. The van der Waals surface area contributed by atoms with E-state index in [-0.39, 0.29) is 56.6 Å². The van der Waals surface area contributed by atoms with Gasteiger partial charge in [-0.3, -0.25) is 24.3 Å². The van der Waals surface area contributed by atoms with Gasteiger partial charge in [0.1, 0.15) is 29.1 Å². The van der Waals surface area contributed by atoms with Crippen molar-refractivity contribution in [2.24, 2.45) is 28.8 Å². The van der Waals surface area contributed by atoms with Crippen LogP contribution >= 0.6 is 0 Å². The third-order valence-electron chi connectivity index (χ3n) is 13.9. The number of esters is 1. The quantitative estimate of drug-likeness (QED) is 0.0627. The third kappa shape index (κ3) is 10.4. The number of para-hydroxylation sites is 1. The number of ether oxygens (including phenoxy) is 5. The maximum atomic E-state index is 14.7. The Morgan fingerprint density at radius 2 is 1.58 bits per heavy atom. The number of carbonyl (C=O) groups excluding carboxylic acids is 3. The van der Waals surface area contributed by atoms with Crippen LogP contribution in [0.2, 0.25) is 0 Å². The monoisotopic (exact) mass is 956 g/mol. The number of phenols is 3. The second-order valence-electron chi connectivity index (χ2n) is 18.9. The highest BCUT2D eigenvalue weighted by molar-refractivity contribution is 6.23. The Hall–Kier alpha value is -6.14. The van der Waals surface area contributed by atoms with Crippen LogP contribution in [-0.4, -0.2) is 129 Å². The summed E-state index contributed by atoms with van der Waals surface area (Å²) in [5.41, 5.74) is 0.595. The third-order valence-corrected chi connectivity index (χ3v) is 13.9. The van der Waals surface area contributed by atoms with Gasteiger partial charge in [0.25, 0.3) is 11.7 Å². The van der Waals surface area contributed by atoms with Crippen LogP contribution in [0.25, 0.3) is 10.8 Å². The maximum absolute atomic E-state index is 14.7. The van der Waals surface area contributed by atoms with Crippen LogP contribution < -0.4 is 14.8 Å². The number of Topliss-reactive ketones (excluding diaryl/α,β-unsaturated/α-hetero) is 1. The van der Waals surface area contributed by atoms with Crippen molar-refractivity contribution in [1.29, 1.82) is 0 Å². The fraction of sp³-hybridized carbons (Fsp3) is 0.500. The van der Waals surface area contributed by atoms with E-state index in [0.29, 0.717) is 19.6 Å². The minimum absolute atomic E-state index is 0.0432. The van der Waals surface area contributed by atoms with Gasteiger partial charge in [-0.2, -0.15) is 5.10 Å². The van der Waals surface area contributed by atoms with Crippen molar-refractivity contribution >= 4 is 40.3 Å². The molecule has 0 aromatic heterocycles. The van der Waals surface area contributed by atoms with Crippen molar-refractivity contribution in [1.82, 2.24) is 9.91 Å². The van der Waals surface area contributed by atoms with Crippen molar-refractivity contribution in [3.63, 3.8) is 0 Å². The zero-order valence-electron chi connectivity index (χ0n) is 41.5. The number of hydrazone groups is 1. The molecule has 1 amide bonds. The standard InChI is InChI=1S/C52H68N4O13/c1-26-16-15-17-27(2)51(64)54-42-36(22-53-56-28(3)23-55(24-29(56)4)25-35-18-13-14-19-38(35)66-12)46(61)39-40(47(42)62)45(60)33(8)49-41(39)50(63)52(10,69-49)67-21-20-37(65-11)30(5)48(68-34(9)57)32(7)44(59)31(6)43(26)58/h13-22,26,28-32,37,43-44,48,58-62H,23-25H2,1-12H3,(H,54,64)/t26-,28+,29+,30+,31-,32-,37+,43-,44-,48+,52+/m1/s1. The van der Waals surface area contributed by atoms with Crippen LogP contribution in [0.3, 0.4) is 0 Å². The molecular formula is C52H68N4O13. The number of aliphatic hydroxyl groups excluding tert-OH is 2. The lowest BCUT2D eigenvalue weighted by Crippen LogP contribution is -2.54. The predicted octanol–water partition coefficient (Wildman–Crippen LogP) is 6.69. The number of hydrogen-bond donors (Lipinski definition) is 6. The van der Waals surface area contributed by atoms with Gasteiger partial charge in [-0.1, -0.05) is 64.1 Å². The van der Waals surface area contributed by atoms with Gasteiger partial charge < -0.3 is 54.5 Å². The Morgan fingerprint density at radius 1 is 0.913 bits per heavy atom. The number of aromatic hydroxyl groups is 3. The van der Waals surface area contributed by atoms with Crippen molar-refractivity contribution in [3.8, 4) is 28.7 Å². The number of nitrogens with zero attached hydrogens (tertiary/aromatic N) is 3. The first kappa shape index (κ1) is 52.2. The van der Waals surface area contributed by atoms with Crippen molar-refractivity contribution in [2.75, 3.05) is 32.6 Å².